The van der Waals surface area contributed by atoms with Crippen molar-refractivity contribution in [2.24, 2.45) is 5.92 Å². The molecule has 14 heavy (non-hydrogen) atoms. The van der Waals surface area contributed by atoms with E-state index in [0.717, 1.165) is 30.9 Å². The fourth-order valence-electron chi connectivity index (χ4n) is 1.78. The monoisotopic (exact) mass is 194 g/mol. The summed E-state index contributed by atoms with van der Waals surface area (Å²) < 4.78 is 1.90. The summed E-state index contributed by atoms with van der Waals surface area (Å²) in [6, 6.07) is 0. The molecule has 0 spiro atoms. The maximum absolute atomic E-state index is 9.76. The molecule has 78 valence electrons. The predicted molar refractivity (Wildman–Crippen MR) is 55.0 cm³/mol. The summed E-state index contributed by atoms with van der Waals surface area (Å²) in [5.41, 5.74) is 1.15. The smallest absolute Gasteiger partial charge is 0.0584 e. The Morgan fingerprint density at radius 2 is 2.43 bits per heavy atom. The Labute approximate surface area is 84.7 Å². The van der Waals surface area contributed by atoms with E-state index in [4.69, 9.17) is 0 Å². The minimum Gasteiger partial charge on any atom is -0.393 e. The normalized spacial score (nSPS) is 18.4. The van der Waals surface area contributed by atoms with E-state index in [1.165, 1.54) is 12.8 Å². The molecule has 2 rings (SSSR count). The Morgan fingerprint density at radius 3 is 3.00 bits per heavy atom. The number of aliphatic hydroxyl groups is 1. The molecule has 1 heterocycles. The van der Waals surface area contributed by atoms with E-state index >= 15 is 0 Å². The van der Waals surface area contributed by atoms with Crippen molar-refractivity contribution in [1.29, 1.82) is 0 Å². The summed E-state index contributed by atoms with van der Waals surface area (Å²) in [5.74, 6) is 0.797. The molecule has 1 aliphatic carbocycles. The number of aliphatic hydroxyl groups excluding tert-OH is 1. The third-order valence-electron chi connectivity index (χ3n) is 2.78. The zero-order valence-electron chi connectivity index (χ0n) is 8.69. The Morgan fingerprint density at radius 1 is 1.64 bits per heavy atom. The predicted octanol–water partition coefficient (Wildman–Crippen LogP) is 1.61. The van der Waals surface area contributed by atoms with E-state index in [1.54, 1.807) is 0 Å². The van der Waals surface area contributed by atoms with Crippen LogP contribution >= 0.6 is 0 Å². The van der Waals surface area contributed by atoms with Crippen molar-refractivity contribution in [2.75, 3.05) is 0 Å². The second-order valence-electron chi connectivity index (χ2n) is 4.24. The van der Waals surface area contributed by atoms with Crippen LogP contribution in [0, 0.1) is 5.92 Å². The van der Waals surface area contributed by atoms with Crippen LogP contribution < -0.4 is 0 Å². The van der Waals surface area contributed by atoms with E-state index in [2.05, 4.69) is 12.0 Å². The van der Waals surface area contributed by atoms with Crippen molar-refractivity contribution in [2.45, 2.75) is 45.3 Å². The summed E-state index contributed by atoms with van der Waals surface area (Å²) in [6.45, 7) is 2.97. The quantitative estimate of drug-likeness (QED) is 0.773. The molecule has 1 unspecified atom stereocenters. The highest BCUT2D eigenvalue weighted by Gasteiger charge is 2.24. The van der Waals surface area contributed by atoms with Crippen LogP contribution in [0.4, 0.5) is 0 Å². The summed E-state index contributed by atoms with van der Waals surface area (Å²) in [4.78, 5) is 0. The first-order valence-corrected chi connectivity index (χ1v) is 5.47. The Kier molecular flexibility index (Phi) is 2.87. The maximum atomic E-state index is 9.76. The first kappa shape index (κ1) is 9.71. The molecule has 1 aliphatic rings. The third kappa shape index (κ3) is 2.58. The first-order valence-electron chi connectivity index (χ1n) is 5.47. The number of hydrogen-bond acceptors (Lipinski definition) is 2. The summed E-state index contributed by atoms with van der Waals surface area (Å²) in [5, 5.41) is 13.9. The lowest BCUT2D eigenvalue weighted by molar-refractivity contribution is 0.158. The van der Waals surface area contributed by atoms with Gasteiger partial charge in [0.25, 0.3) is 0 Å². The standard InChI is InChI=1S/C11H18N2O/c1-2-13-8-10(7-12-13)6-11(14)5-9-3-4-9/h7-9,11,14H,2-6H2,1H3. The number of aromatic nitrogens is 2. The van der Waals surface area contributed by atoms with Crippen molar-refractivity contribution in [3.05, 3.63) is 18.0 Å². The van der Waals surface area contributed by atoms with Crippen molar-refractivity contribution in [1.82, 2.24) is 9.78 Å². The van der Waals surface area contributed by atoms with E-state index in [-0.39, 0.29) is 6.10 Å². The number of rotatable bonds is 5. The fourth-order valence-corrected chi connectivity index (χ4v) is 1.78. The number of aryl methyl sites for hydroxylation is 1. The molecule has 3 heteroatoms. The second kappa shape index (κ2) is 4.13. The topological polar surface area (TPSA) is 38.0 Å². The van der Waals surface area contributed by atoms with Gasteiger partial charge in [-0.05, 0) is 24.8 Å². The van der Waals surface area contributed by atoms with Crippen LogP contribution in [0.3, 0.4) is 0 Å². The SMILES string of the molecule is CCn1cc(CC(O)CC2CC2)cn1. The van der Waals surface area contributed by atoms with Gasteiger partial charge in [-0.15, -0.1) is 0 Å². The molecular formula is C11H18N2O. The molecule has 0 bridgehead atoms. The van der Waals surface area contributed by atoms with Crippen LogP contribution in [0.15, 0.2) is 12.4 Å². The van der Waals surface area contributed by atoms with Gasteiger partial charge in [-0.25, -0.2) is 0 Å². The molecule has 0 aromatic carbocycles. The van der Waals surface area contributed by atoms with Crippen molar-refractivity contribution in [3.8, 4) is 0 Å². The fraction of sp³-hybridized carbons (Fsp3) is 0.727. The van der Waals surface area contributed by atoms with Crippen LogP contribution in [0.2, 0.25) is 0 Å². The van der Waals surface area contributed by atoms with Gasteiger partial charge in [-0.3, -0.25) is 4.68 Å². The van der Waals surface area contributed by atoms with Gasteiger partial charge >= 0.3 is 0 Å². The van der Waals surface area contributed by atoms with Crippen molar-refractivity contribution in [3.63, 3.8) is 0 Å². The van der Waals surface area contributed by atoms with Gasteiger partial charge in [0.1, 0.15) is 0 Å². The molecule has 1 aromatic heterocycles. The van der Waals surface area contributed by atoms with Crippen LogP contribution in [-0.4, -0.2) is 21.0 Å². The van der Waals surface area contributed by atoms with Crippen LogP contribution in [0.1, 0.15) is 31.7 Å². The third-order valence-corrected chi connectivity index (χ3v) is 2.78. The van der Waals surface area contributed by atoms with Gasteiger partial charge in [0.2, 0.25) is 0 Å². The van der Waals surface area contributed by atoms with Gasteiger partial charge in [-0.2, -0.15) is 5.10 Å². The molecule has 0 saturated heterocycles. The average molecular weight is 194 g/mol. The molecule has 0 aliphatic heterocycles. The zero-order valence-corrected chi connectivity index (χ0v) is 8.69. The summed E-state index contributed by atoms with van der Waals surface area (Å²) >= 11 is 0. The lowest BCUT2D eigenvalue weighted by atomic mass is 10.1. The molecule has 1 atom stereocenters. The highest BCUT2D eigenvalue weighted by atomic mass is 16.3. The zero-order chi connectivity index (χ0) is 9.97. The lowest BCUT2D eigenvalue weighted by Crippen LogP contribution is -2.10. The minimum absolute atomic E-state index is 0.169. The Balaban J connectivity index is 1.82. The van der Waals surface area contributed by atoms with Gasteiger partial charge < -0.3 is 5.11 Å². The summed E-state index contributed by atoms with van der Waals surface area (Å²) in [7, 11) is 0. The van der Waals surface area contributed by atoms with E-state index < -0.39 is 0 Å². The number of nitrogens with zero attached hydrogens (tertiary/aromatic N) is 2. The maximum Gasteiger partial charge on any atom is 0.0584 e. The Hall–Kier alpha value is -0.830. The molecular weight excluding hydrogens is 176 g/mol. The van der Waals surface area contributed by atoms with E-state index in [1.807, 2.05) is 17.1 Å². The van der Waals surface area contributed by atoms with Gasteiger partial charge in [0.15, 0.2) is 0 Å². The largest absolute Gasteiger partial charge is 0.393 e. The van der Waals surface area contributed by atoms with E-state index in [9.17, 15) is 5.11 Å². The second-order valence-corrected chi connectivity index (χ2v) is 4.24. The minimum atomic E-state index is -0.169. The molecule has 0 amide bonds. The van der Waals surface area contributed by atoms with Crippen molar-refractivity contribution >= 4 is 0 Å². The molecule has 1 aromatic rings. The van der Waals surface area contributed by atoms with Crippen LogP contribution in [0.5, 0.6) is 0 Å². The molecule has 1 fully saturated rings. The first-order chi connectivity index (χ1) is 6.78. The van der Waals surface area contributed by atoms with Crippen LogP contribution in [0.25, 0.3) is 0 Å². The van der Waals surface area contributed by atoms with Crippen LogP contribution in [-0.2, 0) is 13.0 Å². The highest BCUT2D eigenvalue weighted by Crippen LogP contribution is 2.33. The molecule has 3 nitrogen and oxygen atoms in total. The van der Waals surface area contributed by atoms with Gasteiger partial charge in [0.05, 0.1) is 12.3 Å². The van der Waals surface area contributed by atoms with Gasteiger partial charge in [-0.1, -0.05) is 12.8 Å². The molecule has 1 N–H and O–H groups in total. The molecule has 0 radical (unpaired) electrons. The van der Waals surface area contributed by atoms with Crippen molar-refractivity contribution < 1.29 is 5.11 Å². The summed E-state index contributed by atoms with van der Waals surface area (Å²) in [6.07, 6.45) is 8.07. The lowest BCUT2D eigenvalue weighted by Gasteiger charge is -2.07. The average Bonchev–Trinajstić information content (AvgIpc) is 2.83. The molecule has 1 saturated carbocycles. The van der Waals surface area contributed by atoms with E-state index in [0.29, 0.717) is 0 Å². The number of hydrogen-bond donors (Lipinski definition) is 1. The highest BCUT2D eigenvalue weighted by molar-refractivity contribution is 5.05. The Bertz CT molecular complexity index is 291. The van der Waals surface area contributed by atoms with Gasteiger partial charge in [0, 0.05) is 19.2 Å².